The molecule has 0 radical (unpaired) electrons. The number of carboxylic acid groups (broad SMARTS) is 1. The van der Waals surface area contributed by atoms with Crippen molar-refractivity contribution < 1.29 is 24.5 Å². The van der Waals surface area contributed by atoms with Gasteiger partial charge in [-0.15, -0.1) is 0 Å². The van der Waals surface area contributed by atoms with E-state index in [4.69, 9.17) is 5.11 Å². The highest BCUT2D eigenvalue weighted by Crippen LogP contribution is 2.20. The fourth-order valence-corrected chi connectivity index (χ4v) is 1.10. The number of carbonyl (C=O) groups is 2. The third kappa shape index (κ3) is 2.84. The number of aliphatic carboxylic acids is 1. The van der Waals surface area contributed by atoms with E-state index in [9.17, 15) is 14.7 Å². The Morgan fingerprint density at radius 2 is 2.06 bits per heavy atom. The number of esters is 1. The highest BCUT2D eigenvalue weighted by atomic mass is 16.5. The molecule has 0 bridgehead atoms. The van der Waals surface area contributed by atoms with E-state index in [-0.39, 0.29) is 11.3 Å². The molecule has 0 heterocycles. The number of ether oxygens (including phenoxy) is 1. The van der Waals surface area contributed by atoms with Gasteiger partial charge in [-0.1, -0.05) is 6.07 Å². The number of carboxylic acids is 1. The number of benzene rings is 1. The molecule has 0 unspecified atom stereocenters. The second-order valence-corrected chi connectivity index (χ2v) is 2.94. The van der Waals surface area contributed by atoms with E-state index in [1.807, 2.05) is 0 Å². The van der Waals surface area contributed by atoms with E-state index in [1.165, 1.54) is 31.4 Å². The van der Waals surface area contributed by atoms with Crippen molar-refractivity contribution in [3.05, 3.63) is 35.4 Å². The van der Waals surface area contributed by atoms with E-state index >= 15 is 0 Å². The number of carbonyl (C=O) groups excluding carboxylic acids is 1. The van der Waals surface area contributed by atoms with Crippen molar-refractivity contribution >= 4 is 18.0 Å². The molecule has 1 aromatic carbocycles. The molecular formula is C11H10O5. The molecule has 0 saturated carbocycles. The van der Waals surface area contributed by atoms with E-state index < -0.39 is 11.9 Å². The fraction of sp³-hybridized carbons (Fsp3) is 0.0909. The van der Waals surface area contributed by atoms with Gasteiger partial charge in [0, 0.05) is 6.08 Å². The third-order valence-electron chi connectivity index (χ3n) is 1.85. The van der Waals surface area contributed by atoms with Crippen molar-refractivity contribution in [3.8, 4) is 5.75 Å². The summed E-state index contributed by atoms with van der Waals surface area (Å²) in [5.74, 6) is -1.98. The summed E-state index contributed by atoms with van der Waals surface area (Å²) in [6.45, 7) is 0. The number of hydrogen-bond donors (Lipinski definition) is 2. The van der Waals surface area contributed by atoms with Crippen LogP contribution in [0.2, 0.25) is 0 Å². The second-order valence-electron chi connectivity index (χ2n) is 2.94. The average molecular weight is 222 g/mol. The maximum Gasteiger partial charge on any atom is 0.341 e. The molecule has 0 saturated heterocycles. The van der Waals surface area contributed by atoms with Gasteiger partial charge in [0.15, 0.2) is 0 Å². The highest BCUT2D eigenvalue weighted by Gasteiger charge is 2.10. The lowest BCUT2D eigenvalue weighted by atomic mass is 10.1. The zero-order chi connectivity index (χ0) is 12.1. The van der Waals surface area contributed by atoms with Crippen LogP contribution >= 0.6 is 0 Å². The van der Waals surface area contributed by atoms with Crippen LogP contribution in [0.3, 0.4) is 0 Å². The van der Waals surface area contributed by atoms with E-state index in [1.54, 1.807) is 0 Å². The SMILES string of the molecule is COC(=O)c1ccc(C=CC(=O)O)cc1O. The largest absolute Gasteiger partial charge is 0.507 e. The van der Waals surface area contributed by atoms with Crippen molar-refractivity contribution in [2.24, 2.45) is 0 Å². The molecule has 0 aliphatic carbocycles. The van der Waals surface area contributed by atoms with Gasteiger partial charge in [0.2, 0.25) is 0 Å². The predicted molar refractivity (Wildman–Crippen MR) is 56.1 cm³/mol. The predicted octanol–water partition coefficient (Wildman–Crippen LogP) is 1.28. The maximum absolute atomic E-state index is 11.1. The standard InChI is InChI=1S/C11H10O5/c1-16-11(15)8-4-2-7(6-9(8)12)3-5-10(13)14/h2-6,12H,1H3,(H,13,14). The Morgan fingerprint density at radius 1 is 1.38 bits per heavy atom. The molecular weight excluding hydrogens is 212 g/mol. The van der Waals surface area contributed by atoms with Crippen LogP contribution in [0, 0.1) is 0 Å². The lowest BCUT2D eigenvalue weighted by molar-refractivity contribution is -0.131. The van der Waals surface area contributed by atoms with E-state index in [0.717, 1.165) is 6.08 Å². The lowest BCUT2D eigenvalue weighted by Crippen LogP contribution is -2.01. The zero-order valence-corrected chi connectivity index (χ0v) is 8.51. The molecule has 5 heteroatoms. The molecule has 1 aromatic rings. The molecule has 0 spiro atoms. The van der Waals surface area contributed by atoms with Crippen molar-refractivity contribution in [3.63, 3.8) is 0 Å². The van der Waals surface area contributed by atoms with Crippen molar-refractivity contribution in [1.29, 1.82) is 0 Å². The summed E-state index contributed by atoms with van der Waals surface area (Å²) in [7, 11) is 1.21. The Hall–Kier alpha value is -2.30. The summed E-state index contributed by atoms with van der Waals surface area (Å²) < 4.78 is 4.44. The number of phenolic OH excluding ortho intramolecular Hbond substituents is 1. The molecule has 16 heavy (non-hydrogen) atoms. The van der Waals surface area contributed by atoms with Crippen LogP contribution in [0.5, 0.6) is 5.75 Å². The molecule has 1 rings (SSSR count). The van der Waals surface area contributed by atoms with Gasteiger partial charge in [-0.05, 0) is 23.8 Å². The molecule has 0 aliphatic rings. The average Bonchev–Trinajstić information content (AvgIpc) is 2.25. The molecule has 5 nitrogen and oxygen atoms in total. The first-order chi connectivity index (χ1) is 7.54. The minimum Gasteiger partial charge on any atom is -0.507 e. The number of phenols is 1. The number of rotatable bonds is 3. The molecule has 84 valence electrons. The topological polar surface area (TPSA) is 83.8 Å². The highest BCUT2D eigenvalue weighted by molar-refractivity contribution is 5.93. The summed E-state index contributed by atoms with van der Waals surface area (Å²) in [5.41, 5.74) is 0.516. The summed E-state index contributed by atoms with van der Waals surface area (Å²) in [6.07, 6.45) is 2.25. The summed E-state index contributed by atoms with van der Waals surface area (Å²) in [5, 5.41) is 17.9. The zero-order valence-electron chi connectivity index (χ0n) is 8.51. The van der Waals surface area contributed by atoms with Gasteiger partial charge in [0.1, 0.15) is 11.3 Å². The molecule has 0 aromatic heterocycles. The monoisotopic (exact) mass is 222 g/mol. The first-order valence-corrected chi connectivity index (χ1v) is 4.37. The Kier molecular flexibility index (Phi) is 3.66. The minimum absolute atomic E-state index is 0.0370. The molecule has 0 aliphatic heterocycles. The number of methoxy groups -OCH3 is 1. The van der Waals surface area contributed by atoms with Gasteiger partial charge in [-0.25, -0.2) is 9.59 Å². The lowest BCUT2D eigenvalue weighted by Gasteiger charge is -2.02. The second kappa shape index (κ2) is 4.97. The number of aromatic hydroxyl groups is 1. The number of hydrogen-bond acceptors (Lipinski definition) is 4. The van der Waals surface area contributed by atoms with Crippen LogP contribution in [0.4, 0.5) is 0 Å². The Labute approximate surface area is 91.6 Å². The summed E-state index contributed by atoms with van der Waals surface area (Å²) in [4.78, 5) is 21.4. The summed E-state index contributed by atoms with van der Waals surface area (Å²) in [6, 6.07) is 4.15. The molecule has 0 atom stereocenters. The Balaban J connectivity index is 2.99. The van der Waals surface area contributed by atoms with Crippen molar-refractivity contribution in [1.82, 2.24) is 0 Å². The van der Waals surface area contributed by atoms with Crippen LogP contribution in [-0.2, 0) is 9.53 Å². The van der Waals surface area contributed by atoms with Crippen LogP contribution < -0.4 is 0 Å². The minimum atomic E-state index is -1.09. The van der Waals surface area contributed by atoms with Gasteiger partial charge >= 0.3 is 11.9 Å². The van der Waals surface area contributed by atoms with Crippen LogP contribution in [-0.4, -0.2) is 29.3 Å². The van der Waals surface area contributed by atoms with E-state index in [0.29, 0.717) is 5.56 Å². The molecule has 0 fully saturated rings. The van der Waals surface area contributed by atoms with Crippen molar-refractivity contribution in [2.45, 2.75) is 0 Å². The Morgan fingerprint density at radius 3 is 2.56 bits per heavy atom. The normalized spacial score (nSPS) is 10.3. The van der Waals surface area contributed by atoms with Gasteiger partial charge in [0.05, 0.1) is 7.11 Å². The first-order valence-electron chi connectivity index (χ1n) is 4.37. The third-order valence-corrected chi connectivity index (χ3v) is 1.85. The summed E-state index contributed by atoms with van der Waals surface area (Å²) >= 11 is 0. The fourth-order valence-electron chi connectivity index (χ4n) is 1.10. The van der Waals surface area contributed by atoms with E-state index in [2.05, 4.69) is 4.74 Å². The smallest absolute Gasteiger partial charge is 0.341 e. The molecule has 2 N–H and O–H groups in total. The maximum atomic E-state index is 11.1. The van der Waals surface area contributed by atoms with Crippen LogP contribution in [0.25, 0.3) is 6.08 Å². The van der Waals surface area contributed by atoms with Gasteiger partial charge < -0.3 is 14.9 Å². The Bertz CT molecular complexity index is 448. The quantitative estimate of drug-likeness (QED) is 0.594. The molecule has 0 amide bonds. The van der Waals surface area contributed by atoms with Gasteiger partial charge in [-0.3, -0.25) is 0 Å². The van der Waals surface area contributed by atoms with Crippen LogP contribution in [0.15, 0.2) is 24.3 Å². The first kappa shape index (κ1) is 11.8. The van der Waals surface area contributed by atoms with Crippen molar-refractivity contribution in [2.75, 3.05) is 7.11 Å². The van der Waals surface area contributed by atoms with Gasteiger partial charge in [0.25, 0.3) is 0 Å². The van der Waals surface area contributed by atoms with Gasteiger partial charge in [-0.2, -0.15) is 0 Å². The van der Waals surface area contributed by atoms with Crippen LogP contribution in [0.1, 0.15) is 15.9 Å².